The molecule has 0 aromatic heterocycles. The fourth-order valence-corrected chi connectivity index (χ4v) is 8.91. The summed E-state index contributed by atoms with van der Waals surface area (Å²) in [6, 6.07) is 43.5. The molecule has 264 valence electrons. The van der Waals surface area contributed by atoms with E-state index in [1.54, 1.807) is 5.57 Å². The summed E-state index contributed by atoms with van der Waals surface area (Å²) in [6.45, 7) is 4.55. The van der Waals surface area contributed by atoms with Gasteiger partial charge in [0, 0.05) is 5.92 Å². The summed E-state index contributed by atoms with van der Waals surface area (Å²) in [4.78, 5) is 0. The van der Waals surface area contributed by atoms with Crippen molar-refractivity contribution in [1.29, 1.82) is 0 Å². The van der Waals surface area contributed by atoms with E-state index < -0.39 is 0 Å². The summed E-state index contributed by atoms with van der Waals surface area (Å²) < 4.78 is 0. The van der Waals surface area contributed by atoms with Gasteiger partial charge in [-0.2, -0.15) is 0 Å². The van der Waals surface area contributed by atoms with Gasteiger partial charge in [0.1, 0.15) is 0 Å². The lowest BCUT2D eigenvalue weighted by atomic mass is 9.85. The summed E-state index contributed by atoms with van der Waals surface area (Å²) in [5.74, 6) is 0.336. The van der Waals surface area contributed by atoms with Crippen molar-refractivity contribution in [3.8, 4) is 22.3 Å². The number of rotatable bonds is 7. The highest BCUT2D eigenvalue weighted by Gasteiger charge is 2.17. The molecule has 0 heterocycles. The molecule has 0 amide bonds. The third-order valence-electron chi connectivity index (χ3n) is 12.0. The third-order valence-corrected chi connectivity index (χ3v) is 12.0. The van der Waals surface area contributed by atoms with Crippen molar-refractivity contribution in [1.82, 2.24) is 0 Å². The second kappa shape index (κ2) is 15.0. The van der Waals surface area contributed by atoms with Crippen LogP contribution in [0.15, 0.2) is 163 Å². The van der Waals surface area contributed by atoms with Crippen molar-refractivity contribution >= 4 is 44.8 Å². The Morgan fingerprint density at radius 3 is 1.91 bits per heavy atom. The molecule has 0 heteroatoms. The van der Waals surface area contributed by atoms with Gasteiger partial charge in [0.05, 0.1) is 0 Å². The summed E-state index contributed by atoms with van der Waals surface area (Å²) >= 11 is 0. The van der Waals surface area contributed by atoms with Gasteiger partial charge in [0.25, 0.3) is 0 Å². The summed E-state index contributed by atoms with van der Waals surface area (Å²) in [5.41, 5.74) is 14.7. The van der Waals surface area contributed by atoms with Gasteiger partial charge in [-0.1, -0.05) is 171 Å². The average molecular weight is 697 g/mol. The maximum atomic E-state index is 2.52. The van der Waals surface area contributed by atoms with Gasteiger partial charge in [-0.05, 0) is 145 Å². The van der Waals surface area contributed by atoms with Crippen LogP contribution in [0.1, 0.15) is 81.4 Å². The van der Waals surface area contributed by atoms with E-state index in [9.17, 15) is 0 Å². The zero-order valence-corrected chi connectivity index (χ0v) is 31.6. The van der Waals surface area contributed by atoms with Crippen LogP contribution in [0.3, 0.4) is 0 Å². The third kappa shape index (κ3) is 6.56. The first-order valence-corrected chi connectivity index (χ1v) is 20.1. The van der Waals surface area contributed by atoms with Gasteiger partial charge in [-0.15, -0.1) is 0 Å². The van der Waals surface area contributed by atoms with Gasteiger partial charge >= 0.3 is 0 Å². The van der Waals surface area contributed by atoms with Crippen molar-refractivity contribution < 1.29 is 0 Å². The highest BCUT2D eigenvalue weighted by molar-refractivity contribution is 6.08. The molecular formula is C54H48. The van der Waals surface area contributed by atoms with Crippen LogP contribution in [0.2, 0.25) is 0 Å². The lowest BCUT2D eigenvalue weighted by molar-refractivity contribution is 0.812. The zero-order valence-electron chi connectivity index (χ0n) is 31.6. The molecule has 0 aliphatic heterocycles. The molecule has 0 bridgehead atoms. The summed E-state index contributed by atoms with van der Waals surface area (Å²) in [7, 11) is 0. The first-order chi connectivity index (χ1) is 26.7. The van der Waals surface area contributed by atoms with Crippen molar-refractivity contribution in [3.63, 3.8) is 0 Å². The molecule has 0 saturated carbocycles. The topological polar surface area (TPSA) is 0 Å². The molecule has 3 aliphatic rings. The molecule has 3 aliphatic carbocycles. The molecular weight excluding hydrogens is 649 g/mol. The second-order valence-electron chi connectivity index (χ2n) is 15.2. The van der Waals surface area contributed by atoms with Crippen LogP contribution in [0.25, 0.3) is 67.1 Å². The Kier molecular flexibility index (Phi) is 9.44. The van der Waals surface area contributed by atoms with Gasteiger partial charge in [0.2, 0.25) is 0 Å². The maximum Gasteiger partial charge on any atom is 0.00622 e. The van der Waals surface area contributed by atoms with E-state index in [0.29, 0.717) is 5.92 Å². The van der Waals surface area contributed by atoms with Crippen LogP contribution in [0, 0.1) is 0 Å². The van der Waals surface area contributed by atoms with Gasteiger partial charge < -0.3 is 0 Å². The minimum atomic E-state index is 0.336. The normalized spacial score (nSPS) is 17.0. The van der Waals surface area contributed by atoms with Crippen LogP contribution >= 0.6 is 0 Å². The molecule has 1 atom stereocenters. The average Bonchev–Trinajstić information content (AvgIpc) is 3.65. The van der Waals surface area contributed by atoms with Crippen molar-refractivity contribution in [2.24, 2.45) is 0 Å². The Balaban J connectivity index is 1.11. The Morgan fingerprint density at radius 1 is 0.556 bits per heavy atom. The minimum Gasteiger partial charge on any atom is -0.0766 e. The van der Waals surface area contributed by atoms with Gasteiger partial charge in [-0.3, -0.25) is 0 Å². The van der Waals surface area contributed by atoms with E-state index in [4.69, 9.17) is 0 Å². The van der Waals surface area contributed by atoms with Gasteiger partial charge in [0.15, 0.2) is 0 Å². The standard InChI is InChI=1S/C54H48/c1-3-37-15-13-17-39(25-24-37)44-33-45(42-16-6-5-14-38(4-2)32-42)35-46(34-44)48-19-8-7-18-47(48)41-28-26-40(27-29-41)43-30-31-53-51-22-10-9-20-49(51)50-21-11-12-23-52(50)54(53)36-43/h7-13,15-23,25-29,31-36,43H,3-6,14,24,30H2,1-2H3. The molecule has 6 aromatic rings. The molecule has 1 unspecified atom stereocenters. The number of hydrogen-bond acceptors (Lipinski definition) is 0. The van der Waals surface area contributed by atoms with E-state index in [0.717, 1.165) is 32.1 Å². The number of benzene rings is 6. The maximum absolute atomic E-state index is 2.52. The molecule has 6 aromatic carbocycles. The highest BCUT2D eigenvalue weighted by Crippen LogP contribution is 2.38. The number of allylic oxidation sites excluding steroid dienone is 10. The minimum absolute atomic E-state index is 0.336. The molecule has 0 fully saturated rings. The molecule has 0 radical (unpaired) electrons. The van der Waals surface area contributed by atoms with E-state index >= 15 is 0 Å². The predicted octanol–water partition coefficient (Wildman–Crippen LogP) is 13.7. The van der Waals surface area contributed by atoms with Crippen LogP contribution in [-0.2, 0) is 0 Å². The van der Waals surface area contributed by atoms with Crippen molar-refractivity contribution in [2.45, 2.75) is 64.7 Å². The van der Waals surface area contributed by atoms with Crippen molar-refractivity contribution in [3.05, 3.63) is 190 Å². The van der Waals surface area contributed by atoms with Gasteiger partial charge in [-0.25, -0.2) is 0 Å². The van der Waals surface area contributed by atoms with Crippen LogP contribution < -0.4 is 10.4 Å². The monoisotopic (exact) mass is 696 g/mol. The Morgan fingerprint density at radius 2 is 1.19 bits per heavy atom. The Hall–Kier alpha value is -5.72. The number of fused-ring (bicyclic) bond motifs is 6. The molecule has 0 nitrogen and oxygen atoms in total. The van der Waals surface area contributed by atoms with Crippen LogP contribution in [-0.4, -0.2) is 0 Å². The van der Waals surface area contributed by atoms with E-state index in [2.05, 4.69) is 178 Å². The molecule has 54 heavy (non-hydrogen) atoms. The summed E-state index contributed by atoms with van der Waals surface area (Å²) in [6.07, 6.45) is 26.9. The smallest absolute Gasteiger partial charge is 0.00622 e. The van der Waals surface area contributed by atoms with E-state index in [1.807, 2.05) is 0 Å². The first kappa shape index (κ1) is 34.1. The summed E-state index contributed by atoms with van der Waals surface area (Å²) in [5, 5.41) is 8.13. The molecule has 0 N–H and O–H groups in total. The Bertz CT molecular complexity index is 2690. The SMILES string of the molecule is CCC1=CC=CC(c2cc(C3=CCCCC(CC)=C3)cc(-c3ccccc3-c3ccc(C4C=c5c(c6ccccc6c6ccccc56)=CC4)cc3)c2)=CC1. The number of hydrogen-bond donors (Lipinski definition) is 0. The Labute approximate surface area is 320 Å². The molecule has 0 spiro atoms. The predicted molar refractivity (Wildman–Crippen MR) is 235 cm³/mol. The van der Waals surface area contributed by atoms with Crippen LogP contribution in [0.5, 0.6) is 0 Å². The highest BCUT2D eigenvalue weighted by atomic mass is 14.2. The van der Waals surface area contributed by atoms with E-state index in [-0.39, 0.29) is 0 Å². The zero-order chi connectivity index (χ0) is 36.4. The lowest BCUT2D eigenvalue weighted by Crippen LogP contribution is -2.30. The fraction of sp³-hybridized carbons (Fsp3) is 0.185. The second-order valence-corrected chi connectivity index (χ2v) is 15.2. The fourth-order valence-electron chi connectivity index (χ4n) is 8.91. The largest absolute Gasteiger partial charge is 0.0766 e. The quantitative estimate of drug-likeness (QED) is 0.146. The lowest BCUT2D eigenvalue weighted by Gasteiger charge is -2.18. The first-order valence-electron chi connectivity index (χ1n) is 20.1. The van der Waals surface area contributed by atoms with Crippen molar-refractivity contribution in [2.75, 3.05) is 0 Å². The van der Waals surface area contributed by atoms with Crippen LogP contribution in [0.4, 0.5) is 0 Å². The molecule has 0 saturated heterocycles. The molecule has 9 rings (SSSR count). The van der Waals surface area contributed by atoms with E-state index in [1.165, 1.54) is 100 Å².